The van der Waals surface area contributed by atoms with Crippen molar-refractivity contribution in [3.8, 4) is 5.75 Å². The SMILES string of the molecule is COC(=O)[C@H]1N=CO[C@@H]1c1ccccc1OC. The number of para-hydroxylation sites is 1. The molecule has 0 radical (unpaired) electrons. The number of carbonyl (C=O) groups excluding carboxylic acids is 1. The van der Waals surface area contributed by atoms with Gasteiger partial charge in [0.05, 0.1) is 14.2 Å². The molecule has 1 aromatic rings. The Morgan fingerprint density at radius 2 is 2.12 bits per heavy atom. The van der Waals surface area contributed by atoms with Gasteiger partial charge in [0.15, 0.2) is 18.5 Å². The monoisotopic (exact) mass is 235 g/mol. The number of hydrogen-bond acceptors (Lipinski definition) is 5. The summed E-state index contributed by atoms with van der Waals surface area (Å²) in [6.07, 6.45) is 0.789. The summed E-state index contributed by atoms with van der Waals surface area (Å²) < 4.78 is 15.3. The van der Waals surface area contributed by atoms with Crippen LogP contribution in [0.1, 0.15) is 11.7 Å². The first-order valence-corrected chi connectivity index (χ1v) is 5.15. The van der Waals surface area contributed by atoms with Crippen LogP contribution in [0.3, 0.4) is 0 Å². The van der Waals surface area contributed by atoms with Gasteiger partial charge in [-0.1, -0.05) is 18.2 Å². The first kappa shape index (κ1) is 11.4. The highest BCUT2D eigenvalue weighted by Crippen LogP contribution is 2.33. The number of carbonyl (C=O) groups is 1. The largest absolute Gasteiger partial charge is 0.496 e. The first-order valence-electron chi connectivity index (χ1n) is 5.15. The Kier molecular flexibility index (Phi) is 3.27. The number of hydrogen-bond donors (Lipinski definition) is 0. The van der Waals surface area contributed by atoms with Gasteiger partial charge < -0.3 is 14.2 Å². The van der Waals surface area contributed by atoms with Crippen LogP contribution in [0.5, 0.6) is 5.75 Å². The molecule has 0 unspecified atom stereocenters. The number of aliphatic imine (C=N–C) groups is 1. The average molecular weight is 235 g/mol. The number of benzene rings is 1. The van der Waals surface area contributed by atoms with Gasteiger partial charge in [-0.15, -0.1) is 0 Å². The van der Waals surface area contributed by atoms with Crippen molar-refractivity contribution in [2.75, 3.05) is 14.2 Å². The van der Waals surface area contributed by atoms with Crippen LogP contribution in [0.2, 0.25) is 0 Å². The number of esters is 1. The molecule has 0 saturated heterocycles. The van der Waals surface area contributed by atoms with E-state index < -0.39 is 18.1 Å². The van der Waals surface area contributed by atoms with Gasteiger partial charge in [-0.3, -0.25) is 0 Å². The molecule has 1 aliphatic heterocycles. The fraction of sp³-hybridized carbons (Fsp3) is 0.333. The molecular weight excluding hydrogens is 222 g/mol. The maximum absolute atomic E-state index is 11.5. The van der Waals surface area contributed by atoms with Crippen molar-refractivity contribution < 1.29 is 19.0 Å². The zero-order chi connectivity index (χ0) is 12.3. The molecule has 0 spiro atoms. The molecule has 5 nitrogen and oxygen atoms in total. The third-order valence-electron chi connectivity index (χ3n) is 2.60. The van der Waals surface area contributed by atoms with E-state index in [1.54, 1.807) is 7.11 Å². The molecule has 5 heteroatoms. The lowest BCUT2D eigenvalue weighted by Crippen LogP contribution is -2.25. The third-order valence-corrected chi connectivity index (χ3v) is 2.60. The minimum absolute atomic E-state index is 0.422. The number of rotatable bonds is 3. The zero-order valence-corrected chi connectivity index (χ0v) is 9.62. The first-order chi connectivity index (χ1) is 8.27. The summed E-state index contributed by atoms with van der Waals surface area (Å²) in [4.78, 5) is 15.5. The summed E-state index contributed by atoms with van der Waals surface area (Å²) >= 11 is 0. The van der Waals surface area contributed by atoms with E-state index in [1.165, 1.54) is 13.5 Å². The van der Waals surface area contributed by atoms with Crippen molar-refractivity contribution in [3.63, 3.8) is 0 Å². The molecular formula is C12H13NO4. The molecule has 0 aromatic heterocycles. The van der Waals surface area contributed by atoms with Crippen molar-refractivity contribution in [1.82, 2.24) is 0 Å². The molecule has 0 aliphatic carbocycles. The Morgan fingerprint density at radius 1 is 1.35 bits per heavy atom. The van der Waals surface area contributed by atoms with E-state index in [4.69, 9.17) is 9.47 Å². The normalized spacial score (nSPS) is 22.0. The number of ether oxygens (including phenoxy) is 3. The Bertz CT molecular complexity index is 444. The molecule has 0 saturated carbocycles. The van der Waals surface area contributed by atoms with Crippen LogP contribution in [0, 0.1) is 0 Å². The van der Waals surface area contributed by atoms with Gasteiger partial charge in [0.25, 0.3) is 0 Å². The molecule has 0 bridgehead atoms. The van der Waals surface area contributed by atoms with Crippen LogP contribution in [-0.4, -0.2) is 32.6 Å². The van der Waals surface area contributed by atoms with Crippen LogP contribution in [0.25, 0.3) is 0 Å². The van der Waals surface area contributed by atoms with E-state index in [1.807, 2.05) is 24.3 Å². The summed E-state index contributed by atoms with van der Waals surface area (Å²) in [5.41, 5.74) is 0.780. The van der Waals surface area contributed by atoms with Gasteiger partial charge in [-0.25, -0.2) is 9.79 Å². The van der Waals surface area contributed by atoms with E-state index in [0.717, 1.165) is 5.56 Å². The highest BCUT2D eigenvalue weighted by Gasteiger charge is 2.36. The van der Waals surface area contributed by atoms with Crippen molar-refractivity contribution >= 4 is 12.4 Å². The van der Waals surface area contributed by atoms with Crippen molar-refractivity contribution in [1.29, 1.82) is 0 Å². The second-order valence-electron chi connectivity index (χ2n) is 3.52. The maximum atomic E-state index is 11.5. The predicted molar refractivity (Wildman–Crippen MR) is 61.1 cm³/mol. The van der Waals surface area contributed by atoms with Crippen LogP contribution >= 0.6 is 0 Å². The van der Waals surface area contributed by atoms with E-state index in [0.29, 0.717) is 5.75 Å². The van der Waals surface area contributed by atoms with E-state index >= 15 is 0 Å². The van der Waals surface area contributed by atoms with E-state index in [2.05, 4.69) is 9.73 Å². The Hall–Kier alpha value is -2.04. The smallest absolute Gasteiger partial charge is 0.334 e. The molecule has 2 atom stereocenters. The van der Waals surface area contributed by atoms with Gasteiger partial charge in [0.2, 0.25) is 0 Å². The standard InChI is InChI=1S/C12H13NO4/c1-15-9-6-4-3-5-8(9)11-10(12(14)16-2)13-7-17-11/h3-7,10-11H,1-2H3/t10-,11+/m0/s1. The van der Waals surface area contributed by atoms with E-state index in [9.17, 15) is 4.79 Å². The minimum Gasteiger partial charge on any atom is -0.496 e. The fourth-order valence-corrected chi connectivity index (χ4v) is 1.77. The second kappa shape index (κ2) is 4.86. The van der Waals surface area contributed by atoms with Gasteiger partial charge in [-0.2, -0.15) is 0 Å². The molecule has 1 heterocycles. The molecule has 17 heavy (non-hydrogen) atoms. The Labute approximate surface area is 99.0 Å². The highest BCUT2D eigenvalue weighted by molar-refractivity contribution is 5.80. The summed E-state index contributed by atoms with van der Waals surface area (Å²) in [6.45, 7) is 0. The Balaban J connectivity index is 2.30. The maximum Gasteiger partial charge on any atom is 0.334 e. The van der Waals surface area contributed by atoms with Gasteiger partial charge >= 0.3 is 5.97 Å². The lowest BCUT2D eigenvalue weighted by molar-refractivity contribution is -0.143. The van der Waals surface area contributed by atoms with Crippen molar-refractivity contribution in [2.45, 2.75) is 12.1 Å². The number of nitrogens with zero attached hydrogens (tertiary/aromatic N) is 1. The minimum atomic E-state index is -0.670. The summed E-state index contributed by atoms with van der Waals surface area (Å²) in [6, 6.07) is 6.69. The molecule has 1 aromatic carbocycles. The molecule has 1 aliphatic rings. The summed E-state index contributed by atoms with van der Waals surface area (Å²) in [5.74, 6) is 0.242. The highest BCUT2D eigenvalue weighted by atomic mass is 16.5. The van der Waals surface area contributed by atoms with Gasteiger partial charge in [-0.05, 0) is 6.07 Å². The molecule has 0 N–H and O–H groups in total. The molecule has 2 rings (SSSR count). The van der Waals surface area contributed by atoms with Crippen LogP contribution < -0.4 is 4.74 Å². The molecule has 90 valence electrons. The molecule has 0 fully saturated rings. The average Bonchev–Trinajstić information content (AvgIpc) is 2.86. The van der Waals surface area contributed by atoms with Crippen molar-refractivity contribution in [2.24, 2.45) is 4.99 Å². The fourth-order valence-electron chi connectivity index (χ4n) is 1.77. The summed E-state index contributed by atoms with van der Waals surface area (Å²) in [7, 11) is 2.90. The van der Waals surface area contributed by atoms with Crippen LogP contribution in [0.4, 0.5) is 0 Å². The van der Waals surface area contributed by atoms with E-state index in [-0.39, 0.29) is 0 Å². The summed E-state index contributed by atoms with van der Waals surface area (Å²) in [5, 5.41) is 0. The van der Waals surface area contributed by atoms with Crippen molar-refractivity contribution in [3.05, 3.63) is 29.8 Å². The number of methoxy groups -OCH3 is 2. The van der Waals surface area contributed by atoms with Gasteiger partial charge in [0.1, 0.15) is 5.75 Å². The van der Waals surface area contributed by atoms with Gasteiger partial charge in [0, 0.05) is 5.56 Å². The lowest BCUT2D eigenvalue weighted by Gasteiger charge is -2.18. The molecule has 0 amide bonds. The Morgan fingerprint density at radius 3 is 2.82 bits per heavy atom. The zero-order valence-electron chi connectivity index (χ0n) is 9.62. The van der Waals surface area contributed by atoms with Crippen LogP contribution in [0.15, 0.2) is 29.3 Å². The third kappa shape index (κ3) is 2.08. The van der Waals surface area contributed by atoms with Crippen LogP contribution in [-0.2, 0) is 14.3 Å². The lowest BCUT2D eigenvalue weighted by atomic mass is 10.0. The predicted octanol–water partition coefficient (Wildman–Crippen LogP) is 1.34. The topological polar surface area (TPSA) is 57.1 Å². The quantitative estimate of drug-likeness (QED) is 0.742. The second-order valence-corrected chi connectivity index (χ2v) is 3.52.